The average molecular weight is 361 g/mol. The summed E-state index contributed by atoms with van der Waals surface area (Å²) in [5.41, 5.74) is 1.36. The topological polar surface area (TPSA) is 9.23 Å². The molecule has 0 aliphatic rings. The van der Waals surface area contributed by atoms with E-state index in [1.165, 1.54) is 5.57 Å². The molecule has 3 atom stereocenters. The minimum Gasteiger partial charge on any atom is -0.413 e. The second-order valence-corrected chi connectivity index (χ2v) is 12.8. The fourth-order valence-corrected chi connectivity index (χ4v) is 3.58. The van der Waals surface area contributed by atoms with Crippen molar-refractivity contribution in [2.45, 2.75) is 65.8 Å². The number of halogens is 1. The van der Waals surface area contributed by atoms with Crippen LogP contribution >= 0.6 is 15.9 Å². The van der Waals surface area contributed by atoms with E-state index >= 15 is 0 Å². The maximum Gasteiger partial charge on any atom is 0.192 e. The first kappa shape index (κ1) is 20.1. The van der Waals surface area contributed by atoms with Crippen LogP contribution in [0.1, 0.15) is 41.5 Å². The summed E-state index contributed by atoms with van der Waals surface area (Å²) in [6.07, 6.45) is 4.56. The van der Waals surface area contributed by atoms with Crippen molar-refractivity contribution in [1.29, 1.82) is 0 Å². The molecule has 3 heteroatoms. The third-order valence-corrected chi connectivity index (χ3v) is 9.76. The minimum absolute atomic E-state index is 0.211. The van der Waals surface area contributed by atoms with Gasteiger partial charge in [-0.2, -0.15) is 0 Å². The lowest BCUT2D eigenvalue weighted by Gasteiger charge is -2.42. The van der Waals surface area contributed by atoms with Gasteiger partial charge in [0.05, 0.1) is 6.10 Å². The Morgan fingerprint density at radius 3 is 2.10 bits per heavy atom. The van der Waals surface area contributed by atoms with Gasteiger partial charge in [-0.25, -0.2) is 0 Å². The highest BCUT2D eigenvalue weighted by molar-refractivity contribution is 9.09. The van der Waals surface area contributed by atoms with Crippen LogP contribution in [0.15, 0.2) is 24.3 Å². The van der Waals surface area contributed by atoms with Gasteiger partial charge in [-0.1, -0.05) is 68.3 Å². The highest BCUT2D eigenvalue weighted by Gasteiger charge is 2.40. The van der Waals surface area contributed by atoms with Crippen LogP contribution in [-0.4, -0.2) is 19.8 Å². The Morgan fingerprint density at radius 2 is 1.75 bits per heavy atom. The predicted octanol–water partition coefficient (Wildman–Crippen LogP) is 6.18. The fraction of sp³-hybridized carbons (Fsp3) is 0.765. The van der Waals surface area contributed by atoms with Crippen LogP contribution in [0.3, 0.4) is 0 Å². The molecule has 0 aliphatic heterocycles. The summed E-state index contributed by atoms with van der Waals surface area (Å²) in [5.74, 6) is 0.758. The van der Waals surface area contributed by atoms with E-state index < -0.39 is 8.32 Å². The Morgan fingerprint density at radius 1 is 1.25 bits per heavy atom. The van der Waals surface area contributed by atoms with Gasteiger partial charge in [-0.3, -0.25) is 0 Å². The Bertz CT molecular complexity index is 341. The van der Waals surface area contributed by atoms with Gasteiger partial charge in [0.25, 0.3) is 0 Å². The molecule has 0 N–H and O–H groups in total. The molecule has 118 valence electrons. The van der Waals surface area contributed by atoms with Gasteiger partial charge in [-0.15, -0.1) is 6.58 Å². The van der Waals surface area contributed by atoms with E-state index in [1.807, 2.05) is 6.08 Å². The largest absolute Gasteiger partial charge is 0.413 e. The molecule has 0 spiro atoms. The summed E-state index contributed by atoms with van der Waals surface area (Å²) < 4.78 is 6.67. The molecule has 0 aromatic rings. The minimum atomic E-state index is -1.76. The molecule has 0 saturated carbocycles. The first-order valence-electron chi connectivity index (χ1n) is 7.50. The van der Waals surface area contributed by atoms with Crippen molar-refractivity contribution in [2.75, 3.05) is 5.33 Å². The summed E-state index contributed by atoms with van der Waals surface area (Å²) in [6.45, 7) is 22.1. The second-order valence-electron chi connectivity index (χ2n) is 7.44. The van der Waals surface area contributed by atoms with E-state index in [9.17, 15) is 0 Å². The van der Waals surface area contributed by atoms with Crippen molar-refractivity contribution in [2.24, 2.45) is 11.8 Å². The lowest BCUT2D eigenvalue weighted by molar-refractivity contribution is 0.111. The van der Waals surface area contributed by atoms with Crippen molar-refractivity contribution in [3.05, 3.63) is 24.3 Å². The molecule has 0 rings (SSSR count). The van der Waals surface area contributed by atoms with E-state index in [1.54, 1.807) is 0 Å². The Labute approximate surface area is 136 Å². The van der Waals surface area contributed by atoms with Crippen molar-refractivity contribution in [3.63, 3.8) is 0 Å². The Hall–Kier alpha value is 0.137. The molecule has 0 aliphatic carbocycles. The smallest absolute Gasteiger partial charge is 0.192 e. The summed E-state index contributed by atoms with van der Waals surface area (Å²) in [6, 6.07) is 0. The number of hydrogen-bond acceptors (Lipinski definition) is 1. The zero-order valence-electron chi connectivity index (χ0n) is 14.6. The van der Waals surface area contributed by atoms with Crippen molar-refractivity contribution < 1.29 is 4.43 Å². The summed E-state index contributed by atoms with van der Waals surface area (Å²) in [7, 11) is -1.76. The first-order chi connectivity index (χ1) is 8.96. The molecular weight excluding hydrogens is 328 g/mol. The summed E-state index contributed by atoms with van der Waals surface area (Å²) in [4.78, 5) is 0. The SMILES string of the molecule is C=CC(C)[C@@H](O[Si](C)(C)C(C)(C)C)[C@H](C)/C=C(/C)CBr. The predicted molar refractivity (Wildman–Crippen MR) is 98.1 cm³/mol. The van der Waals surface area contributed by atoms with Gasteiger partial charge in [0.1, 0.15) is 0 Å². The van der Waals surface area contributed by atoms with E-state index in [-0.39, 0.29) is 11.1 Å². The number of alkyl halides is 1. The van der Waals surface area contributed by atoms with Gasteiger partial charge in [0.15, 0.2) is 8.32 Å². The lowest BCUT2D eigenvalue weighted by Crippen LogP contribution is -2.47. The summed E-state index contributed by atoms with van der Waals surface area (Å²) >= 11 is 3.52. The molecule has 0 saturated heterocycles. The number of rotatable bonds is 7. The molecule has 0 heterocycles. The van der Waals surface area contributed by atoms with Crippen molar-refractivity contribution in [1.82, 2.24) is 0 Å². The fourth-order valence-electron chi connectivity index (χ4n) is 1.93. The molecule has 0 fully saturated rings. The quantitative estimate of drug-likeness (QED) is 0.299. The monoisotopic (exact) mass is 360 g/mol. The second kappa shape index (κ2) is 7.95. The highest BCUT2D eigenvalue weighted by atomic mass is 79.9. The molecule has 0 aromatic heterocycles. The van der Waals surface area contributed by atoms with E-state index in [2.05, 4.69) is 83.2 Å². The molecule has 20 heavy (non-hydrogen) atoms. The number of hydrogen-bond donors (Lipinski definition) is 0. The van der Waals surface area contributed by atoms with Gasteiger partial charge < -0.3 is 4.43 Å². The lowest BCUT2D eigenvalue weighted by atomic mass is 9.92. The van der Waals surface area contributed by atoms with Gasteiger partial charge in [0.2, 0.25) is 0 Å². The third-order valence-electron chi connectivity index (χ3n) is 4.40. The normalized spacial score (nSPS) is 18.6. The van der Waals surface area contributed by atoms with Crippen LogP contribution in [0, 0.1) is 11.8 Å². The van der Waals surface area contributed by atoms with E-state index in [4.69, 9.17) is 4.43 Å². The van der Waals surface area contributed by atoms with Crippen LogP contribution < -0.4 is 0 Å². The Balaban J connectivity index is 5.24. The molecule has 0 bridgehead atoms. The van der Waals surface area contributed by atoms with Crippen LogP contribution in [0.4, 0.5) is 0 Å². The maximum atomic E-state index is 6.67. The van der Waals surface area contributed by atoms with Gasteiger partial charge in [0, 0.05) is 5.33 Å². The number of allylic oxidation sites excluding steroid dienone is 1. The van der Waals surface area contributed by atoms with Crippen LogP contribution in [0.2, 0.25) is 18.1 Å². The van der Waals surface area contributed by atoms with Crippen LogP contribution in [0.25, 0.3) is 0 Å². The highest BCUT2D eigenvalue weighted by Crippen LogP contribution is 2.39. The third kappa shape index (κ3) is 5.86. The molecule has 0 amide bonds. The average Bonchev–Trinajstić information content (AvgIpc) is 2.33. The van der Waals surface area contributed by atoms with Crippen LogP contribution in [0.5, 0.6) is 0 Å². The first-order valence-corrected chi connectivity index (χ1v) is 11.5. The zero-order valence-corrected chi connectivity index (χ0v) is 17.2. The Kier molecular flexibility index (Phi) is 8.01. The molecule has 1 unspecified atom stereocenters. The molecule has 1 nitrogen and oxygen atoms in total. The van der Waals surface area contributed by atoms with Gasteiger partial charge in [-0.05, 0) is 36.9 Å². The van der Waals surface area contributed by atoms with Gasteiger partial charge >= 0.3 is 0 Å². The zero-order chi connectivity index (χ0) is 16.1. The van der Waals surface area contributed by atoms with Crippen molar-refractivity contribution >= 4 is 24.2 Å². The molecule has 0 radical (unpaired) electrons. The van der Waals surface area contributed by atoms with E-state index in [0.717, 1.165) is 5.33 Å². The summed E-state index contributed by atoms with van der Waals surface area (Å²) in [5, 5.41) is 1.16. The van der Waals surface area contributed by atoms with Crippen LogP contribution in [-0.2, 0) is 4.43 Å². The molecule has 0 aromatic carbocycles. The maximum absolute atomic E-state index is 6.67. The van der Waals surface area contributed by atoms with Crippen molar-refractivity contribution in [3.8, 4) is 0 Å². The molecular formula is C17H33BrOSi. The van der Waals surface area contributed by atoms with E-state index in [0.29, 0.717) is 11.8 Å². The standard InChI is InChI=1S/C17H33BrOSi/c1-10-14(3)16(15(4)11-13(2)12-18)19-20(8,9)17(5,6)7/h10-11,14-16H,1,12H2,2-9H3/b13-11-/t14?,15-,16-/m1/s1.